The first-order valence-electron chi connectivity index (χ1n) is 9.59. The molecule has 26 heavy (non-hydrogen) atoms. The Morgan fingerprint density at radius 2 is 1.85 bits per heavy atom. The van der Waals surface area contributed by atoms with Crippen LogP contribution in [0.25, 0.3) is 11.1 Å². The molecule has 0 heterocycles. The number of nitrogens with two attached hydrogens (primary N) is 1. The molecular weight excluding hydrogens is 322 g/mol. The second kappa shape index (κ2) is 7.53. The van der Waals surface area contributed by atoms with Crippen molar-refractivity contribution < 1.29 is 9.53 Å². The van der Waals surface area contributed by atoms with Gasteiger partial charge in [0.25, 0.3) is 0 Å². The highest BCUT2D eigenvalue weighted by Crippen LogP contribution is 2.46. The lowest BCUT2D eigenvalue weighted by molar-refractivity contribution is 0.0147. The molecule has 0 aliphatic heterocycles. The maximum atomic E-state index is 11.4. The van der Waals surface area contributed by atoms with Crippen molar-refractivity contribution in [2.75, 3.05) is 0 Å². The average molecular weight is 351 g/mol. The molecule has 2 N–H and O–H groups in total. The van der Waals surface area contributed by atoms with Gasteiger partial charge in [-0.2, -0.15) is 0 Å². The van der Waals surface area contributed by atoms with Gasteiger partial charge >= 0.3 is 6.09 Å². The van der Waals surface area contributed by atoms with E-state index >= 15 is 0 Å². The Kier molecular flexibility index (Phi) is 5.36. The van der Waals surface area contributed by atoms with Crippen molar-refractivity contribution in [1.29, 1.82) is 0 Å². The number of amides is 1. The van der Waals surface area contributed by atoms with Gasteiger partial charge < -0.3 is 10.5 Å². The van der Waals surface area contributed by atoms with Gasteiger partial charge in [-0.3, -0.25) is 0 Å². The SMILES string of the molecule is CCCCc1ccc(-c2ccc3c(c2)CCC(C)(C)[C@H]3OC(N)=O)cc1. The Balaban J connectivity index is 1.88. The number of unbranched alkanes of at least 4 members (excludes halogenated alkanes) is 1. The fourth-order valence-corrected chi connectivity index (χ4v) is 3.85. The highest BCUT2D eigenvalue weighted by molar-refractivity contribution is 5.67. The van der Waals surface area contributed by atoms with Crippen LogP contribution in [-0.2, 0) is 17.6 Å². The van der Waals surface area contributed by atoms with E-state index in [4.69, 9.17) is 10.5 Å². The lowest BCUT2D eigenvalue weighted by atomic mass is 9.71. The van der Waals surface area contributed by atoms with E-state index in [0.29, 0.717) is 0 Å². The molecule has 1 aliphatic rings. The third kappa shape index (κ3) is 3.92. The number of fused-ring (bicyclic) bond motifs is 1. The Bertz CT molecular complexity index is 777. The zero-order valence-electron chi connectivity index (χ0n) is 16.0. The van der Waals surface area contributed by atoms with Crippen LogP contribution < -0.4 is 5.73 Å². The van der Waals surface area contributed by atoms with Gasteiger partial charge in [0.1, 0.15) is 6.10 Å². The number of carbonyl (C=O) groups excluding carboxylic acids is 1. The van der Waals surface area contributed by atoms with Crippen molar-refractivity contribution in [3.8, 4) is 11.1 Å². The summed E-state index contributed by atoms with van der Waals surface area (Å²) in [5.41, 5.74) is 11.4. The number of carbonyl (C=O) groups is 1. The highest BCUT2D eigenvalue weighted by Gasteiger charge is 2.38. The van der Waals surface area contributed by atoms with Crippen molar-refractivity contribution >= 4 is 6.09 Å². The standard InChI is InChI=1S/C23H29NO2/c1-4-5-6-16-7-9-17(10-8-16)18-11-12-20-19(15-18)13-14-23(2,3)21(20)26-22(24)25/h7-12,15,21H,4-6,13-14H2,1-3H3,(H2,24,25)/t21-/m0/s1. The fraction of sp³-hybridized carbons (Fsp3) is 0.435. The van der Waals surface area contributed by atoms with Crippen LogP contribution in [0.4, 0.5) is 4.79 Å². The summed E-state index contributed by atoms with van der Waals surface area (Å²) in [5.74, 6) is 0. The highest BCUT2D eigenvalue weighted by atomic mass is 16.6. The van der Waals surface area contributed by atoms with Crippen molar-refractivity contribution in [3.05, 3.63) is 59.2 Å². The Morgan fingerprint density at radius 1 is 1.15 bits per heavy atom. The number of hydrogen-bond acceptors (Lipinski definition) is 2. The first-order valence-corrected chi connectivity index (χ1v) is 9.59. The number of ether oxygens (including phenoxy) is 1. The van der Waals surface area contributed by atoms with Crippen molar-refractivity contribution in [1.82, 2.24) is 0 Å². The number of rotatable bonds is 5. The Hall–Kier alpha value is -2.29. The van der Waals surface area contributed by atoms with Gasteiger partial charge in [0.05, 0.1) is 0 Å². The minimum atomic E-state index is -0.706. The average Bonchev–Trinajstić information content (AvgIpc) is 2.62. The number of primary amides is 1. The minimum absolute atomic E-state index is 0.107. The lowest BCUT2D eigenvalue weighted by Gasteiger charge is -2.39. The third-order valence-corrected chi connectivity index (χ3v) is 5.51. The maximum absolute atomic E-state index is 11.4. The van der Waals surface area contributed by atoms with Crippen LogP contribution in [0.1, 0.15) is 62.8 Å². The number of benzene rings is 2. The fourth-order valence-electron chi connectivity index (χ4n) is 3.85. The predicted octanol–water partition coefficient (Wildman–Crippen LogP) is 5.81. The van der Waals surface area contributed by atoms with Gasteiger partial charge in [0.15, 0.2) is 0 Å². The van der Waals surface area contributed by atoms with E-state index in [1.54, 1.807) is 0 Å². The molecule has 3 rings (SSSR count). The molecule has 0 radical (unpaired) electrons. The topological polar surface area (TPSA) is 52.3 Å². The summed E-state index contributed by atoms with van der Waals surface area (Å²) in [7, 11) is 0. The maximum Gasteiger partial charge on any atom is 0.405 e. The van der Waals surface area contributed by atoms with Crippen LogP contribution in [0.15, 0.2) is 42.5 Å². The van der Waals surface area contributed by atoms with Gasteiger partial charge in [-0.1, -0.05) is 69.7 Å². The van der Waals surface area contributed by atoms with Gasteiger partial charge in [0, 0.05) is 5.41 Å². The van der Waals surface area contributed by atoms with E-state index in [1.807, 2.05) is 0 Å². The summed E-state index contributed by atoms with van der Waals surface area (Å²) < 4.78 is 5.47. The van der Waals surface area contributed by atoms with Gasteiger partial charge in [0.2, 0.25) is 0 Å². The van der Waals surface area contributed by atoms with Crippen molar-refractivity contribution in [2.24, 2.45) is 11.1 Å². The molecule has 1 atom stereocenters. The molecule has 0 saturated carbocycles. The molecule has 3 nitrogen and oxygen atoms in total. The molecule has 0 saturated heterocycles. The Morgan fingerprint density at radius 3 is 2.50 bits per heavy atom. The van der Waals surface area contributed by atoms with Crippen LogP contribution >= 0.6 is 0 Å². The van der Waals surface area contributed by atoms with E-state index in [9.17, 15) is 4.79 Å². The second-order valence-corrected chi connectivity index (χ2v) is 8.02. The molecule has 1 amide bonds. The summed E-state index contributed by atoms with van der Waals surface area (Å²) in [4.78, 5) is 11.4. The van der Waals surface area contributed by atoms with Crippen LogP contribution in [0.3, 0.4) is 0 Å². The second-order valence-electron chi connectivity index (χ2n) is 8.02. The molecule has 3 heteroatoms. The molecule has 0 unspecified atom stereocenters. The Labute approximate surface area is 156 Å². The number of aryl methyl sites for hydroxylation is 2. The van der Waals surface area contributed by atoms with Crippen LogP contribution in [0.5, 0.6) is 0 Å². The lowest BCUT2D eigenvalue weighted by Crippen LogP contribution is -2.33. The van der Waals surface area contributed by atoms with E-state index in [2.05, 4.69) is 63.2 Å². The summed E-state index contributed by atoms with van der Waals surface area (Å²) in [6.07, 6.45) is 4.56. The largest absolute Gasteiger partial charge is 0.441 e. The molecule has 0 spiro atoms. The van der Waals surface area contributed by atoms with Crippen molar-refractivity contribution in [3.63, 3.8) is 0 Å². The zero-order chi connectivity index (χ0) is 18.7. The quantitative estimate of drug-likeness (QED) is 0.739. The predicted molar refractivity (Wildman–Crippen MR) is 106 cm³/mol. The molecule has 1 aliphatic carbocycles. The smallest absolute Gasteiger partial charge is 0.405 e. The third-order valence-electron chi connectivity index (χ3n) is 5.51. The van der Waals surface area contributed by atoms with Gasteiger partial charge in [-0.05, 0) is 53.5 Å². The first kappa shape index (κ1) is 18.5. The van der Waals surface area contributed by atoms with Gasteiger partial charge in [-0.25, -0.2) is 4.79 Å². The molecule has 138 valence electrons. The van der Waals surface area contributed by atoms with Crippen molar-refractivity contribution in [2.45, 2.75) is 59.0 Å². The zero-order valence-corrected chi connectivity index (χ0v) is 16.0. The molecule has 0 aromatic heterocycles. The van der Waals surface area contributed by atoms with Crippen LogP contribution in [-0.4, -0.2) is 6.09 Å². The summed E-state index contributed by atoms with van der Waals surface area (Å²) in [5, 5.41) is 0. The van der Waals surface area contributed by atoms with E-state index in [-0.39, 0.29) is 11.5 Å². The van der Waals surface area contributed by atoms with E-state index in [0.717, 1.165) is 24.8 Å². The molecule has 0 bridgehead atoms. The summed E-state index contributed by atoms with van der Waals surface area (Å²) >= 11 is 0. The molecule has 0 fully saturated rings. The monoisotopic (exact) mass is 351 g/mol. The molecule has 2 aromatic rings. The van der Waals surface area contributed by atoms with E-state index in [1.165, 1.54) is 35.1 Å². The van der Waals surface area contributed by atoms with E-state index < -0.39 is 6.09 Å². The van der Waals surface area contributed by atoms with Crippen LogP contribution in [0.2, 0.25) is 0 Å². The number of hydrogen-bond donors (Lipinski definition) is 1. The normalized spacial score (nSPS) is 18.2. The summed E-state index contributed by atoms with van der Waals surface area (Å²) in [6, 6.07) is 15.3. The summed E-state index contributed by atoms with van der Waals surface area (Å²) in [6.45, 7) is 6.48. The molecular formula is C23H29NO2. The van der Waals surface area contributed by atoms with Crippen LogP contribution in [0, 0.1) is 5.41 Å². The minimum Gasteiger partial charge on any atom is -0.441 e. The van der Waals surface area contributed by atoms with Gasteiger partial charge in [-0.15, -0.1) is 0 Å². The first-order chi connectivity index (χ1) is 12.4. The molecule has 2 aromatic carbocycles.